The first kappa shape index (κ1) is 22.5. The van der Waals surface area contributed by atoms with Gasteiger partial charge in [-0.15, -0.1) is 6.58 Å². The normalized spacial score (nSPS) is 11.4. The smallest absolute Gasteiger partial charge is 0.342 e. The maximum atomic E-state index is 12.6. The monoisotopic (exact) mass is 374 g/mol. The van der Waals surface area contributed by atoms with Crippen LogP contribution in [0.15, 0.2) is 31.4 Å². The lowest BCUT2D eigenvalue weighted by Crippen LogP contribution is -2.17. The Labute approximate surface area is 162 Å². The average Bonchev–Trinajstić information content (AvgIpc) is 2.66. The third-order valence-electron chi connectivity index (χ3n) is 4.22. The van der Waals surface area contributed by atoms with Crippen molar-refractivity contribution in [2.45, 2.75) is 51.6 Å². The summed E-state index contributed by atoms with van der Waals surface area (Å²) in [5.41, 5.74) is 0.904. The Balaban J connectivity index is 2.64. The van der Waals surface area contributed by atoms with E-state index in [-0.39, 0.29) is 11.9 Å². The minimum Gasteiger partial charge on any atom is -0.497 e. The molecule has 0 saturated carbocycles. The van der Waals surface area contributed by atoms with E-state index in [0.29, 0.717) is 48.3 Å². The van der Waals surface area contributed by atoms with Crippen molar-refractivity contribution in [3.8, 4) is 11.5 Å². The highest BCUT2D eigenvalue weighted by Crippen LogP contribution is 2.30. The van der Waals surface area contributed by atoms with Crippen LogP contribution in [-0.2, 0) is 9.53 Å². The Kier molecular flexibility index (Phi) is 9.94. The van der Waals surface area contributed by atoms with Gasteiger partial charge in [-0.25, -0.2) is 4.79 Å². The number of ketones is 1. The van der Waals surface area contributed by atoms with Gasteiger partial charge in [0.1, 0.15) is 22.8 Å². The van der Waals surface area contributed by atoms with Gasteiger partial charge in [-0.3, -0.25) is 4.79 Å². The van der Waals surface area contributed by atoms with Gasteiger partial charge in [-0.1, -0.05) is 18.7 Å². The number of hydrogen-bond acceptors (Lipinski definition) is 5. The van der Waals surface area contributed by atoms with E-state index >= 15 is 0 Å². The van der Waals surface area contributed by atoms with Crippen LogP contribution in [0.5, 0.6) is 11.5 Å². The van der Waals surface area contributed by atoms with Crippen LogP contribution in [0, 0.1) is 0 Å². The van der Waals surface area contributed by atoms with Gasteiger partial charge in [0.2, 0.25) is 0 Å². The Morgan fingerprint density at radius 3 is 2.41 bits per heavy atom. The molecule has 0 aliphatic rings. The molecule has 0 aliphatic heterocycles. The van der Waals surface area contributed by atoms with Gasteiger partial charge >= 0.3 is 5.97 Å². The van der Waals surface area contributed by atoms with Crippen LogP contribution < -0.4 is 9.47 Å². The number of rotatable bonds is 13. The number of Topliss-reactive ketones (excluding diaryl/α,β-unsaturated/α-hetero) is 1. The van der Waals surface area contributed by atoms with Crippen LogP contribution >= 0.6 is 0 Å². The van der Waals surface area contributed by atoms with E-state index in [9.17, 15) is 9.59 Å². The number of carbonyl (C=O) groups is 2. The van der Waals surface area contributed by atoms with Crippen molar-refractivity contribution in [2.75, 3.05) is 14.2 Å². The fraction of sp³-hybridized carbons (Fsp3) is 0.455. The second-order valence-corrected chi connectivity index (χ2v) is 6.33. The number of carbonyl (C=O) groups excluding carboxylic acids is 2. The number of unbranched alkanes of at least 4 members (excludes halogenated alkanes) is 1. The standard InChI is InChI=1S/C22H30O5/c1-6-8-9-12-18(23)13-10-11-16(3)27-22(24)21-17(7-2)14-19(25-4)15-20(21)26-5/h6-7,14-16H,1-2,8-13H2,3-5H3. The van der Waals surface area contributed by atoms with Crippen molar-refractivity contribution in [3.05, 3.63) is 42.5 Å². The molecule has 0 aromatic heterocycles. The predicted molar refractivity (Wildman–Crippen MR) is 107 cm³/mol. The molecule has 1 atom stereocenters. The summed E-state index contributed by atoms with van der Waals surface area (Å²) in [7, 11) is 3.03. The summed E-state index contributed by atoms with van der Waals surface area (Å²) in [6.45, 7) is 9.21. The highest BCUT2D eigenvalue weighted by atomic mass is 16.5. The summed E-state index contributed by atoms with van der Waals surface area (Å²) >= 11 is 0. The molecule has 0 N–H and O–H groups in total. The zero-order valence-electron chi connectivity index (χ0n) is 16.6. The van der Waals surface area contributed by atoms with Crippen LogP contribution in [0.25, 0.3) is 6.08 Å². The summed E-state index contributed by atoms with van der Waals surface area (Å²) in [5, 5.41) is 0. The first-order valence-corrected chi connectivity index (χ1v) is 9.18. The molecule has 5 heteroatoms. The molecule has 0 aliphatic carbocycles. The number of hydrogen-bond donors (Lipinski definition) is 0. The summed E-state index contributed by atoms with van der Waals surface area (Å²) in [4.78, 5) is 24.4. The van der Waals surface area contributed by atoms with E-state index in [1.165, 1.54) is 7.11 Å². The molecule has 0 amide bonds. The predicted octanol–water partition coefficient (Wildman–Crippen LogP) is 4.99. The Hall–Kier alpha value is -2.56. The van der Waals surface area contributed by atoms with Gasteiger partial charge in [0.15, 0.2) is 0 Å². The topological polar surface area (TPSA) is 61.8 Å². The second kappa shape index (κ2) is 11.9. The first-order chi connectivity index (χ1) is 13.0. The minimum absolute atomic E-state index is 0.237. The number of allylic oxidation sites excluding steroid dienone is 1. The number of esters is 1. The molecule has 1 unspecified atom stereocenters. The van der Waals surface area contributed by atoms with Gasteiger partial charge in [0.25, 0.3) is 0 Å². The molecule has 1 rings (SSSR count). The van der Waals surface area contributed by atoms with Crippen molar-refractivity contribution in [2.24, 2.45) is 0 Å². The van der Waals surface area contributed by atoms with Crippen LogP contribution in [0.1, 0.15) is 61.4 Å². The molecule has 0 fully saturated rings. The molecular formula is C22H30O5. The fourth-order valence-electron chi connectivity index (χ4n) is 2.72. The Bertz CT molecular complexity index is 663. The summed E-state index contributed by atoms with van der Waals surface area (Å²) in [5.74, 6) is 0.704. The molecule has 0 spiro atoms. The summed E-state index contributed by atoms with van der Waals surface area (Å²) < 4.78 is 16.1. The van der Waals surface area contributed by atoms with Gasteiger partial charge in [-0.05, 0) is 44.2 Å². The molecule has 0 saturated heterocycles. The third kappa shape index (κ3) is 7.29. The van der Waals surface area contributed by atoms with Crippen LogP contribution in [-0.4, -0.2) is 32.1 Å². The van der Waals surface area contributed by atoms with Crippen molar-refractivity contribution >= 4 is 17.8 Å². The van der Waals surface area contributed by atoms with E-state index in [1.807, 2.05) is 13.0 Å². The number of benzene rings is 1. The van der Waals surface area contributed by atoms with Gasteiger partial charge in [-0.2, -0.15) is 0 Å². The molecule has 0 bridgehead atoms. The van der Waals surface area contributed by atoms with Gasteiger partial charge in [0, 0.05) is 18.9 Å². The molecule has 1 aromatic carbocycles. The Morgan fingerprint density at radius 1 is 1.11 bits per heavy atom. The molecule has 5 nitrogen and oxygen atoms in total. The van der Waals surface area contributed by atoms with E-state index in [0.717, 1.165) is 12.8 Å². The lowest BCUT2D eigenvalue weighted by Gasteiger charge is -2.17. The molecule has 0 heterocycles. The molecular weight excluding hydrogens is 344 g/mol. The zero-order valence-corrected chi connectivity index (χ0v) is 16.6. The minimum atomic E-state index is -0.478. The van der Waals surface area contributed by atoms with E-state index < -0.39 is 5.97 Å². The average molecular weight is 374 g/mol. The number of methoxy groups -OCH3 is 2. The zero-order chi connectivity index (χ0) is 20.2. The van der Waals surface area contributed by atoms with Gasteiger partial charge in [0.05, 0.1) is 20.3 Å². The quantitative estimate of drug-likeness (QED) is 0.277. The lowest BCUT2D eigenvalue weighted by molar-refractivity contribution is -0.119. The molecule has 0 radical (unpaired) electrons. The molecule has 148 valence electrons. The number of ether oxygens (including phenoxy) is 3. The second-order valence-electron chi connectivity index (χ2n) is 6.33. The molecule has 1 aromatic rings. The van der Waals surface area contributed by atoms with Crippen molar-refractivity contribution < 1.29 is 23.8 Å². The first-order valence-electron chi connectivity index (χ1n) is 9.18. The van der Waals surface area contributed by atoms with E-state index in [1.54, 1.807) is 25.3 Å². The maximum Gasteiger partial charge on any atom is 0.342 e. The fourth-order valence-corrected chi connectivity index (χ4v) is 2.72. The Morgan fingerprint density at radius 2 is 1.81 bits per heavy atom. The molecule has 27 heavy (non-hydrogen) atoms. The van der Waals surface area contributed by atoms with Crippen molar-refractivity contribution in [1.29, 1.82) is 0 Å². The highest BCUT2D eigenvalue weighted by Gasteiger charge is 2.21. The lowest BCUT2D eigenvalue weighted by atomic mass is 10.0. The van der Waals surface area contributed by atoms with Crippen LogP contribution in [0.4, 0.5) is 0 Å². The maximum absolute atomic E-state index is 12.6. The summed E-state index contributed by atoms with van der Waals surface area (Å²) in [6, 6.07) is 3.34. The SMILES string of the molecule is C=CCCCC(=O)CCCC(C)OC(=O)c1c(C=C)cc(OC)cc1OC. The van der Waals surface area contributed by atoms with Crippen molar-refractivity contribution in [1.82, 2.24) is 0 Å². The van der Waals surface area contributed by atoms with Gasteiger partial charge < -0.3 is 14.2 Å². The highest BCUT2D eigenvalue weighted by molar-refractivity contribution is 5.97. The van der Waals surface area contributed by atoms with Crippen LogP contribution in [0.3, 0.4) is 0 Å². The van der Waals surface area contributed by atoms with Crippen LogP contribution in [0.2, 0.25) is 0 Å². The summed E-state index contributed by atoms with van der Waals surface area (Å²) in [6.07, 6.45) is 7.17. The van der Waals surface area contributed by atoms with E-state index in [2.05, 4.69) is 13.2 Å². The third-order valence-corrected chi connectivity index (χ3v) is 4.22. The van der Waals surface area contributed by atoms with Crippen molar-refractivity contribution in [3.63, 3.8) is 0 Å². The van der Waals surface area contributed by atoms with E-state index in [4.69, 9.17) is 14.2 Å². The largest absolute Gasteiger partial charge is 0.497 e.